The lowest BCUT2D eigenvalue weighted by Gasteiger charge is -2.26. The Morgan fingerprint density at radius 3 is 2.74 bits per heavy atom. The van der Waals surface area contributed by atoms with Gasteiger partial charge in [0.15, 0.2) is 0 Å². The Bertz CT molecular complexity index is 989. The Balaban J connectivity index is 1.75. The summed E-state index contributed by atoms with van der Waals surface area (Å²) in [6.07, 6.45) is 0.717. The molecular weight excluding hydrogens is 308 g/mol. The molecule has 0 amide bonds. The molecule has 0 saturated carbocycles. The summed E-state index contributed by atoms with van der Waals surface area (Å²) in [6, 6.07) is 15.2. The van der Waals surface area contributed by atoms with Crippen LogP contribution in [0.5, 0.6) is 0 Å². The number of nitrogens with zero attached hydrogens (tertiary/aromatic N) is 1. The van der Waals surface area contributed by atoms with Crippen molar-refractivity contribution in [1.82, 2.24) is 9.29 Å². The van der Waals surface area contributed by atoms with Crippen molar-refractivity contribution in [3.8, 4) is 0 Å². The van der Waals surface area contributed by atoms with Gasteiger partial charge in [-0.05, 0) is 36.2 Å². The number of nitrogens with one attached hydrogen (secondary N) is 1. The summed E-state index contributed by atoms with van der Waals surface area (Å²) in [5, 5.41) is 1.12. The maximum absolute atomic E-state index is 12.9. The topological polar surface area (TPSA) is 53.2 Å². The first-order chi connectivity index (χ1) is 11.1. The van der Waals surface area contributed by atoms with Crippen LogP contribution in [0.3, 0.4) is 0 Å². The van der Waals surface area contributed by atoms with Crippen LogP contribution in [-0.2, 0) is 23.0 Å². The van der Waals surface area contributed by atoms with E-state index in [0.717, 1.165) is 34.1 Å². The normalized spacial score (nSPS) is 15.7. The van der Waals surface area contributed by atoms with Gasteiger partial charge in [0.2, 0.25) is 10.0 Å². The summed E-state index contributed by atoms with van der Waals surface area (Å²) in [7, 11) is -3.45. The third-order valence-electron chi connectivity index (χ3n) is 4.48. The molecule has 4 nitrogen and oxygen atoms in total. The maximum atomic E-state index is 12.9. The van der Waals surface area contributed by atoms with Gasteiger partial charge in [-0.1, -0.05) is 30.3 Å². The van der Waals surface area contributed by atoms with Gasteiger partial charge in [-0.2, -0.15) is 4.31 Å². The van der Waals surface area contributed by atoms with E-state index in [1.165, 1.54) is 0 Å². The number of hydrogen-bond donors (Lipinski definition) is 1. The zero-order chi connectivity index (χ0) is 16.0. The van der Waals surface area contributed by atoms with E-state index in [4.69, 9.17) is 0 Å². The lowest BCUT2D eigenvalue weighted by Crippen LogP contribution is -2.35. The van der Waals surface area contributed by atoms with Crippen molar-refractivity contribution in [2.45, 2.75) is 24.8 Å². The predicted molar refractivity (Wildman–Crippen MR) is 90.8 cm³/mol. The number of para-hydroxylation sites is 1. The van der Waals surface area contributed by atoms with E-state index in [-0.39, 0.29) is 0 Å². The molecule has 1 aliphatic heterocycles. The molecule has 0 spiro atoms. The van der Waals surface area contributed by atoms with Crippen LogP contribution in [0.4, 0.5) is 0 Å². The van der Waals surface area contributed by atoms with Gasteiger partial charge in [-0.25, -0.2) is 8.42 Å². The monoisotopic (exact) mass is 326 g/mol. The summed E-state index contributed by atoms with van der Waals surface area (Å²) in [4.78, 5) is 3.79. The van der Waals surface area contributed by atoms with E-state index in [1.807, 2.05) is 37.3 Å². The molecule has 5 heteroatoms. The minimum atomic E-state index is -3.45. The van der Waals surface area contributed by atoms with Crippen molar-refractivity contribution < 1.29 is 8.42 Å². The van der Waals surface area contributed by atoms with Crippen molar-refractivity contribution in [3.05, 3.63) is 65.4 Å². The van der Waals surface area contributed by atoms with Gasteiger partial charge in [0.05, 0.1) is 4.90 Å². The Kier molecular flexibility index (Phi) is 3.28. The van der Waals surface area contributed by atoms with E-state index in [9.17, 15) is 8.42 Å². The van der Waals surface area contributed by atoms with Crippen molar-refractivity contribution in [2.75, 3.05) is 6.54 Å². The number of aromatic amines is 1. The van der Waals surface area contributed by atoms with Gasteiger partial charge < -0.3 is 4.98 Å². The number of fused-ring (bicyclic) bond motifs is 3. The molecule has 3 aromatic rings. The lowest BCUT2D eigenvalue weighted by molar-refractivity contribution is 0.391. The first-order valence-electron chi connectivity index (χ1n) is 7.71. The second-order valence-corrected chi connectivity index (χ2v) is 7.97. The van der Waals surface area contributed by atoms with E-state index >= 15 is 0 Å². The molecular formula is C18H18N2O2S. The molecule has 2 heterocycles. The maximum Gasteiger partial charge on any atom is 0.243 e. The number of aryl methyl sites for hydroxylation is 1. The molecule has 4 rings (SSSR count). The van der Waals surface area contributed by atoms with Gasteiger partial charge in [0, 0.05) is 36.1 Å². The molecule has 0 radical (unpaired) electrons. The zero-order valence-electron chi connectivity index (χ0n) is 12.9. The Hall–Kier alpha value is -2.11. The van der Waals surface area contributed by atoms with Crippen LogP contribution >= 0.6 is 0 Å². The van der Waals surface area contributed by atoms with E-state index < -0.39 is 10.0 Å². The van der Waals surface area contributed by atoms with Gasteiger partial charge >= 0.3 is 0 Å². The highest BCUT2D eigenvalue weighted by molar-refractivity contribution is 7.89. The van der Waals surface area contributed by atoms with Crippen LogP contribution in [0.25, 0.3) is 10.9 Å². The van der Waals surface area contributed by atoms with Crippen LogP contribution in [0.2, 0.25) is 0 Å². The van der Waals surface area contributed by atoms with Crippen molar-refractivity contribution in [1.29, 1.82) is 0 Å². The fraction of sp³-hybridized carbons (Fsp3) is 0.222. The Morgan fingerprint density at radius 2 is 1.91 bits per heavy atom. The number of aromatic nitrogens is 1. The van der Waals surface area contributed by atoms with Crippen LogP contribution in [0.1, 0.15) is 16.8 Å². The minimum absolute atomic E-state index is 0.376. The molecule has 2 aromatic carbocycles. The van der Waals surface area contributed by atoms with Crippen LogP contribution in [0.15, 0.2) is 53.4 Å². The van der Waals surface area contributed by atoms with Gasteiger partial charge in [-0.3, -0.25) is 0 Å². The zero-order valence-corrected chi connectivity index (χ0v) is 13.7. The van der Waals surface area contributed by atoms with Crippen molar-refractivity contribution in [3.63, 3.8) is 0 Å². The summed E-state index contributed by atoms with van der Waals surface area (Å²) >= 11 is 0. The first kappa shape index (κ1) is 14.5. The summed E-state index contributed by atoms with van der Waals surface area (Å²) in [5.74, 6) is 0. The van der Waals surface area contributed by atoms with Gasteiger partial charge in [0.25, 0.3) is 0 Å². The van der Waals surface area contributed by atoms with E-state index in [2.05, 4.69) is 4.98 Å². The molecule has 1 aliphatic rings. The van der Waals surface area contributed by atoms with Gasteiger partial charge in [0.1, 0.15) is 0 Å². The third-order valence-corrected chi connectivity index (χ3v) is 6.32. The Labute approximate surface area is 135 Å². The summed E-state index contributed by atoms with van der Waals surface area (Å²) in [6.45, 7) is 2.85. The average Bonchev–Trinajstić information content (AvgIpc) is 2.92. The summed E-state index contributed by atoms with van der Waals surface area (Å²) in [5.41, 5.74) is 4.29. The molecule has 0 atom stereocenters. The van der Waals surface area contributed by atoms with Crippen molar-refractivity contribution >= 4 is 20.9 Å². The average molecular weight is 326 g/mol. The minimum Gasteiger partial charge on any atom is -0.358 e. The number of H-pyrrole nitrogens is 1. The summed E-state index contributed by atoms with van der Waals surface area (Å²) < 4.78 is 27.4. The molecule has 1 N–H and O–H groups in total. The number of sulfonamides is 1. The highest BCUT2D eigenvalue weighted by atomic mass is 32.2. The quantitative estimate of drug-likeness (QED) is 0.786. The molecule has 23 heavy (non-hydrogen) atoms. The number of benzene rings is 2. The first-order valence-corrected chi connectivity index (χ1v) is 9.15. The smallest absolute Gasteiger partial charge is 0.243 e. The van der Waals surface area contributed by atoms with Crippen LogP contribution in [0, 0.1) is 6.92 Å². The van der Waals surface area contributed by atoms with E-state index in [0.29, 0.717) is 18.0 Å². The van der Waals surface area contributed by atoms with Crippen LogP contribution < -0.4 is 0 Å². The van der Waals surface area contributed by atoms with Crippen LogP contribution in [-0.4, -0.2) is 24.3 Å². The largest absolute Gasteiger partial charge is 0.358 e. The highest BCUT2D eigenvalue weighted by Crippen LogP contribution is 2.30. The second-order valence-electron chi connectivity index (χ2n) is 6.03. The molecule has 1 aromatic heterocycles. The fourth-order valence-electron chi connectivity index (χ4n) is 3.27. The fourth-order valence-corrected chi connectivity index (χ4v) is 4.79. The standard InChI is InChI=1S/C18H18N2O2S/c1-13-5-4-6-14(11-13)23(21,22)20-10-9-18-16(12-20)15-7-2-3-8-17(15)19-18/h2-8,11,19H,9-10,12H2,1H3. The molecule has 0 unspecified atom stereocenters. The number of hydrogen-bond acceptors (Lipinski definition) is 2. The van der Waals surface area contributed by atoms with E-state index in [1.54, 1.807) is 22.5 Å². The molecule has 118 valence electrons. The number of rotatable bonds is 2. The van der Waals surface area contributed by atoms with Gasteiger partial charge in [-0.15, -0.1) is 0 Å². The SMILES string of the molecule is Cc1cccc(S(=O)(=O)N2CCc3[nH]c4ccccc4c3C2)c1. The third kappa shape index (κ3) is 2.36. The molecule has 0 saturated heterocycles. The second kappa shape index (κ2) is 5.22. The lowest BCUT2D eigenvalue weighted by atomic mass is 10.1. The van der Waals surface area contributed by atoms with Crippen molar-refractivity contribution in [2.24, 2.45) is 0 Å². The predicted octanol–water partition coefficient (Wildman–Crippen LogP) is 3.22. The highest BCUT2D eigenvalue weighted by Gasteiger charge is 2.30. The molecule has 0 bridgehead atoms. The molecule has 0 aliphatic carbocycles. The Morgan fingerprint density at radius 1 is 1.09 bits per heavy atom. The molecule has 0 fully saturated rings.